The van der Waals surface area contributed by atoms with E-state index in [1.165, 1.54) is 11.3 Å². The highest BCUT2D eigenvalue weighted by molar-refractivity contribution is 7.16. The molecule has 5 heteroatoms. The van der Waals surface area contributed by atoms with Crippen LogP contribution in [-0.2, 0) is 6.54 Å². The summed E-state index contributed by atoms with van der Waals surface area (Å²) in [5.74, 6) is 0.608. The van der Waals surface area contributed by atoms with Crippen LogP contribution in [0.2, 0.25) is 4.34 Å². The van der Waals surface area contributed by atoms with Crippen molar-refractivity contribution in [3.05, 3.63) is 21.3 Å². The largest absolute Gasteiger partial charge is 0.338 e. The maximum absolute atomic E-state index is 12.0. The monoisotopic (exact) mass is 288 g/mol. The topological polar surface area (TPSA) is 32.3 Å². The molecule has 1 N–H and O–H groups in total. The second kappa shape index (κ2) is 7.64. The molecule has 18 heavy (non-hydrogen) atoms. The standard InChI is InChI=1S/C13H21ClN2OS/c1-4-16(9-11-5-6-12(14)18-11)13(17)15-8-7-10(2)3/h5-6,10H,4,7-9H2,1-3H3,(H,15,17). The lowest BCUT2D eigenvalue weighted by molar-refractivity contribution is 0.198. The summed E-state index contributed by atoms with van der Waals surface area (Å²) in [6, 6.07) is 3.84. The van der Waals surface area contributed by atoms with Crippen molar-refractivity contribution in [2.24, 2.45) is 5.92 Å². The molecule has 2 amide bonds. The molecule has 0 aliphatic heterocycles. The van der Waals surface area contributed by atoms with Crippen molar-refractivity contribution in [2.45, 2.75) is 33.7 Å². The molecule has 0 unspecified atom stereocenters. The first-order chi connectivity index (χ1) is 8.52. The Kier molecular flexibility index (Phi) is 6.50. The predicted molar refractivity (Wildman–Crippen MR) is 78.3 cm³/mol. The van der Waals surface area contributed by atoms with Crippen molar-refractivity contribution in [1.29, 1.82) is 0 Å². The minimum absolute atomic E-state index is 0.00247. The summed E-state index contributed by atoms with van der Waals surface area (Å²) < 4.78 is 0.765. The Bertz CT molecular complexity index is 379. The highest BCUT2D eigenvalue weighted by atomic mass is 35.5. The summed E-state index contributed by atoms with van der Waals surface area (Å²) in [7, 11) is 0. The van der Waals surface area contributed by atoms with Crippen molar-refractivity contribution in [3.63, 3.8) is 0 Å². The average molecular weight is 289 g/mol. The molecule has 102 valence electrons. The van der Waals surface area contributed by atoms with Gasteiger partial charge in [0, 0.05) is 18.0 Å². The molecule has 0 spiro atoms. The average Bonchev–Trinajstić information content (AvgIpc) is 2.71. The van der Waals surface area contributed by atoms with E-state index >= 15 is 0 Å². The van der Waals surface area contributed by atoms with Crippen LogP contribution in [0.1, 0.15) is 32.1 Å². The van der Waals surface area contributed by atoms with Crippen LogP contribution in [-0.4, -0.2) is 24.0 Å². The minimum Gasteiger partial charge on any atom is -0.338 e. The molecule has 0 radical (unpaired) electrons. The van der Waals surface area contributed by atoms with Crippen LogP contribution in [0, 0.1) is 5.92 Å². The molecule has 1 heterocycles. The highest BCUT2D eigenvalue weighted by Gasteiger charge is 2.12. The summed E-state index contributed by atoms with van der Waals surface area (Å²) in [6.07, 6.45) is 1.01. The Morgan fingerprint density at radius 3 is 2.72 bits per heavy atom. The van der Waals surface area contributed by atoms with Crippen molar-refractivity contribution in [2.75, 3.05) is 13.1 Å². The van der Waals surface area contributed by atoms with E-state index in [9.17, 15) is 4.79 Å². The summed E-state index contributed by atoms with van der Waals surface area (Å²) in [4.78, 5) is 14.9. The SMILES string of the molecule is CCN(Cc1ccc(Cl)s1)C(=O)NCCC(C)C. The number of amides is 2. The molecule has 0 saturated heterocycles. The number of nitrogens with zero attached hydrogens (tertiary/aromatic N) is 1. The molecule has 1 aromatic rings. The third kappa shape index (κ3) is 5.27. The zero-order valence-electron chi connectivity index (χ0n) is 11.2. The van der Waals surface area contributed by atoms with E-state index in [0.29, 0.717) is 19.0 Å². The zero-order valence-corrected chi connectivity index (χ0v) is 12.8. The molecule has 0 fully saturated rings. The Morgan fingerprint density at radius 2 is 2.22 bits per heavy atom. The van der Waals surface area contributed by atoms with Gasteiger partial charge in [-0.3, -0.25) is 0 Å². The van der Waals surface area contributed by atoms with E-state index in [1.807, 2.05) is 19.1 Å². The zero-order chi connectivity index (χ0) is 13.5. The van der Waals surface area contributed by atoms with Crippen molar-refractivity contribution in [3.8, 4) is 0 Å². The Balaban J connectivity index is 2.42. The maximum atomic E-state index is 12.0. The number of nitrogens with one attached hydrogen (secondary N) is 1. The van der Waals surface area contributed by atoms with Gasteiger partial charge in [-0.15, -0.1) is 11.3 Å². The first-order valence-electron chi connectivity index (χ1n) is 6.30. The fourth-order valence-electron chi connectivity index (χ4n) is 1.53. The van der Waals surface area contributed by atoms with Crippen molar-refractivity contribution in [1.82, 2.24) is 10.2 Å². The number of carbonyl (C=O) groups is 1. The molecule has 1 aromatic heterocycles. The number of halogens is 1. The van der Waals surface area contributed by atoms with E-state index in [0.717, 1.165) is 22.2 Å². The predicted octanol–water partition coefficient (Wildman–Crippen LogP) is 3.98. The third-order valence-electron chi connectivity index (χ3n) is 2.64. The van der Waals surface area contributed by atoms with Gasteiger partial charge < -0.3 is 10.2 Å². The summed E-state index contributed by atoms with van der Waals surface area (Å²) in [6.45, 7) is 8.34. The van der Waals surface area contributed by atoms with Crippen LogP contribution >= 0.6 is 22.9 Å². The normalized spacial score (nSPS) is 10.7. The number of hydrogen-bond acceptors (Lipinski definition) is 2. The molecular formula is C13H21ClN2OS. The van der Waals surface area contributed by atoms with E-state index in [4.69, 9.17) is 11.6 Å². The first kappa shape index (κ1) is 15.3. The highest BCUT2D eigenvalue weighted by Crippen LogP contribution is 2.22. The van der Waals surface area contributed by atoms with Gasteiger partial charge in [0.1, 0.15) is 0 Å². The number of urea groups is 1. The molecule has 0 saturated carbocycles. The Hall–Kier alpha value is -0.740. The lowest BCUT2D eigenvalue weighted by Crippen LogP contribution is -2.39. The maximum Gasteiger partial charge on any atom is 0.317 e. The smallest absolute Gasteiger partial charge is 0.317 e. The molecular weight excluding hydrogens is 268 g/mol. The summed E-state index contributed by atoms with van der Waals surface area (Å²) in [5.41, 5.74) is 0. The molecule has 1 rings (SSSR count). The second-order valence-electron chi connectivity index (χ2n) is 4.63. The number of hydrogen-bond donors (Lipinski definition) is 1. The van der Waals surface area contributed by atoms with Gasteiger partial charge in [-0.25, -0.2) is 4.79 Å². The van der Waals surface area contributed by atoms with Crippen molar-refractivity contribution < 1.29 is 4.79 Å². The van der Waals surface area contributed by atoms with Gasteiger partial charge in [0.15, 0.2) is 0 Å². The third-order valence-corrected chi connectivity index (χ3v) is 3.86. The van der Waals surface area contributed by atoms with E-state index in [2.05, 4.69) is 19.2 Å². The fraction of sp³-hybridized carbons (Fsp3) is 0.615. The van der Waals surface area contributed by atoms with E-state index in [-0.39, 0.29) is 6.03 Å². The van der Waals surface area contributed by atoms with Crippen LogP contribution < -0.4 is 5.32 Å². The van der Waals surface area contributed by atoms with Crippen molar-refractivity contribution >= 4 is 29.0 Å². The molecule has 0 bridgehead atoms. The van der Waals surface area contributed by atoms with Gasteiger partial charge in [0.05, 0.1) is 10.9 Å². The first-order valence-corrected chi connectivity index (χ1v) is 7.49. The van der Waals surface area contributed by atoms with Gasteiger partial charge in [-0.2, -0.15) is 0 Å². The van der Waals surface area contributed by atoms with Crippen LogP contribution in [0.4, 0.5) is 4.79 Å². The summed E-state index contributed by atoms with van der Waals surface area (Å²) >= 11 is 7.41. The van der Waals surface area contributed by atoms with E-state index < -0.39 is 0 Å². The molecule has 3 nitrogen and oxygen atoms in total. The quantitative estimate of drug-likeness (QED) is 0.844. The minimum atomic E-state index is 0.00247. The number of thiophene rings is 1. The van der Waals surface area contributed by atoms with Gasteiger partial charge in [-0.05, 0) is 31.4 Å². The van der Waals surface area contributed by atoms with Gasteiger partial charge in [-0.1, -0.05) is 25.4 Å². The number of carbonyl (C=O) groups excluding carboxylic acids is 1. The molecule has 0 aliphatic carbocycles. The molecule has 0 aromatic carbocycles. The Labute approximate surface area is 118 Å². The van der Waals surface area contributed by atoms with Crippen LogP contribution in [0.25, 0.3) is 0 Å². The van der Waals surface area contributed by atoms with Crippen LogP contribution in [0.3, 0.4) is 0 Å². The van der Waals surface area contributed by atoms with E-state index in [1.54, 1.807) is 4.90 Å². The van der Waals surface area contributed by atoms with Crippen LogP contribution in [0.5, 0.6) is 0 Å². The molecule has 0 atom stereocenters. The lowest BCUT2D eigenvalue weighted by atomic mass is 10.1. The Morgan fingerprint density at radius 1 is 1.50 bits per heavy atom. The molecule has 0 aliphatic rings. The van der Waals surface area contributed by atoms with Gasteiger partial charge >= 0.3 is 6.03 Å². The lowest BCUT2D eigenvalue weighted by Gasteiger charge is -2.21. The van der Waals surface area contributed by atoms with Gasteiger partial charge in [0.2, 0.25) is 0 Å². The number of rotatable bonds is 6. The fourth-order valence-corrected chi connectivity index (χ4v) is 2.63. The summed E-state index contributed by atoms with van der Waals surface area (Å²) in [5, 5.41) is 2.95. The van der Waals surface area contributed by atoms with Gasteiger partial charge in [0.25, 0.3) is 0 Å². The van der Waals surface area contributed by atoms with Crippen LogP contribution in [0.15, 0.2) is 12.1 Å². The second-order valence-corrected chi connectivity index (χ2v) is 6.43.